The molecular weight excluding hydrogens is 330 g/mol. The first-order chi connectivity index (χ1) is 12.6. The monoisotopic (exact) mass is 361 g/mol. The molecule has 0 atom stereocenters. The summed E-state index contributed by atoms with van der Waals surface area (Å²) < 4.78 is 0. The van der Waals surface area contributed by atoms with Crippen LogP contribution in [0, 0.1) is 0 Å². The highest BCUT2D eigenvalue weighted by molar-refractivity contribution is 5.78. The highest BCUT2D eigenvalue weighted by Gasteiger charge is 2.25. The average molecular weight is 361 g/mol. The molecule has 0 radical (unpaired) electrons. The van der Waals surface area contributed by atoms with Crippen molar-refractivity contribution >= 4 is 11.9 Å². The molecule has 6 nitrogen and oxygen atoms in total. The zero-order valence-corrected chi connectivity index (χ0v) is 15.7. The molecule has 1 saturated heterocycles. The summed E-state index contributed by atoms with van der Waals surface area (Å²) in [4.78, 5) is 27.2. The normalized spacial score (nSPS) is 15.9. The van der Waals surface area contributed by atoms with Gasteiger partial charge >= 0.3 is 5.97 Å². The number of aryl methyl sites for hydroxylation is 1. The number of amides is 1. The Bertz CT molecular complexity index is 557. The number of benzene rings is 1. The van der Waals surface area contributed by atoms with E-state index in [2.05, 4.69) is 22.3 Å². The van der Waals surface area contributed by atoms with Gasteiger partial charge in [-0.25, -0.2) is 0 Å². The quantitative estimate of drug-likeness (QED) is 0.620. The van der Waals surface area contributed by atoms with Crippen molar-refractivity contribution in [1.82, 2.24) is 15.1 Å². The zero-order valence-electron chi connectivity index (χ0n) is 15.7. The van der Waals surface area contributed by atoms with Crippen LogP contribution in [0.1, 0.15) is 31.7 Å². The van der Waals surface area contributed by atoms with Crippen LogP contribution in [0.5, 0.6) is 0 Å². The van der Waals surface area contributed by atoms with Gasteiger partial charge in [0.25, 0.3) is 0 Å². The molecule has 1 aliphatic heterocycles. The number of likely N-dealkylation sites (N-methyl/N-ethyl adjacent to an activating group) is 1. The van der Waals surface area contributed by atoms with Gasteiger partial charge in [-0.05, 0) is 37.8 Å². The van der Waals surface area contributed by atoms with E-state index in [1.807, 2.05) is 30.0 Å². The Morgan fingerprint density at radius 3 is 2.54 bits per heavy atom. The maximum Gasteiger partial charge on any atom is 0.317 e. The van der Waals surface area contributed by atoms with E-state index in [4.69, 9.17) is 5.11 Å². The first-order valence-corrected chi connectivity index (χ1v) is 9.57. The molecule has 0 bridgehead atoms. The molecule has 1 fully saturated rings. The molecule has 0 unspecified atom stereocenters. The van der Waals surface area contributed by atoms with Crippen LogP contribution in [-0.4, -0.2) is 72.1 Å². The lowest BCUT2D eigenvalue weighted by Crippen LogP contribution is -2.48. The summed E-state index contributed by atoms with van der Waals surface area (Å²) in [6.07, 6.45) is 3.76. The molecule has 1 amide bonds. The van der Waals surface area contributed by atoms with Gasteiger partial charge in [0, 0.05) is 25.7 Å². The Kier molecular flexibility index (Phi) is 8.58. The molecule has 0 spiro atoms. The van der Waals surface area contributed by atoms with Gasteiger partial charge in [-0.3, -0.25) is 19.4 Å². The highest BCUT2D eigenvalue weighted by Crippen LogP contribution is 2.16. The number of carbonyl (C=O) groups excluding carboxylic acids is 1. The molecule has 0 aliphatic carbocycles. The Morgan fingerprint density at radius 2 is 1.92 bits per heavy atom. The number of hydrogen-bond donors (Lipinski definition) is 2. The van der Waals surface area contributed by atoms with Gasteiger partial charge < -0.3 is 10.4 Å². The van der Waals surface area contributed by atoms with E-state index in [0.717, 1.165) is 45.3 Å². The van der Waals surface area contributed by atoms with Gasteiger partial charge in [0.05, 0.1) is 13.1 Å². The number of aliphatic carboxylic acids is 1. The van der Waals surface area contributed by atoms with Crippen molar-refractivity contribution in [3.8, 4) is 0 Å². The van der Waals surface area contributed by atoms with Crippen LogP contribution in [0.2, 0.25) is 0 Å². The zero-order chi connectivity index (χ0) is 18.8. The number of likely N-dealkylation sites (tertiary alicyclic amines) is 1. The fourth-order valence-electron chi connectivity index (χ4n) is 3.54. The van der Waals surface area contributed by atoms with Crippen molar-refractivity contribution in [2.24, 2.45) is 0 Å². The average Bonchev–Trinajstić information content (AvgIpc) is 2.65. The molecule has 1 aromatic rings. The Balaban J connectivity index is 1.61. The maximum atomic E-state index is 12.1. The van der Waals surface area contributed by atoms with Gasteiger partial charge in [-0.1, -0.05) is 37.3 Å². The van der Waals surface area contributed by atoms with E-state index in [1.165, 1.54) is 5.56 Å². The number of nitrogens with zero attached hydrogens (tertiary/aromatic N) is 2. The summed E-state index contributed by atoms with van der Waals surface area (Å²) in [5, 5.41) is 12.0. The predicted octanol–water partition coefficient (Wildman–Crippen LogP) is 1.61. The van der Waals surface area contributed by atoms with Crippen LogP contribution < -0.4 is 5.32 Å². The number of carbonyl (C=O) groups is 2. The lowest BCUT2D eigenvalue weighted by atomic mass is 10.0. The Hall–Kier alpha value is -1.92. The van der Waals surface area contributed by atoms with Crippen molar-refractivity contribution in [3.63, 3.8) is 0 Å². The standard InChI is InChI=1S/C20H31N3O3/c1-2-23(16-20(25)26)18-10-13-22(14-11-18)15-19(24)21-12-6-9-17-7-4-3-5-8-17/h3-5,7-8,18H,2,6,9-16H2,1H3,(H,21,24)(H,25,26). The minimum absolute atomic E-state index is 0.0781. The minimum atomic E-state index is -0.774. The third kappa shape index (κ3) is 7.14. The molecule has 6 heteroatoms. The molecule has 0 aromatic heterocycles. The van der Waals surface area contributed by atoms with Crippen molar-refractivity contribution in [3.05, 3.63) is 35.9 Å². The summed E-state index contributed by atoms with van der Waals surface area (Å²) >= 11 is 0. The number of nitrogens with one attached hydrogen (secondary N) is 1. The minimum Gasteiger partial charge on any atom is -0.480 e. The smallest absolute Gasteiger partial charge is 0.317 e. The van der Waals surface area contributed by atoms with Gasteiger partial charge in [0.15, 0.2) is 0 Å². The molecule has 144 valence electrons. The lowest BCUT2D eigenvalue weighted by molar-refractivity contribution is -0.139. The fourth-order valence-corrected chi connectivity index (χ4v) is 3.54. The molecule has 2 rings (SSSR count). The third-order valence-corrected chi connectivity index (χ3v) is 4.99. The van der Waals surface area contributed by atoms with Crippen LogP contribution >= 0.6 is 0 Å². The molecule has 1 aromatic carbocycles. The first-order valence-electron chi connectivity index (χ1n) is 9.57. The summed E-state index contributed by atoms with van der Waals surface area (Å²) in [5.74, 6) is -0.696. The highest BCUT2D eigenvalue weighted by atomic mass is 16.4. The van der Waals surface area contributed by atoms with Crippen molar-refractivity contribution in [2.45, 2.75) is 38.6 Å². The number of hydrogen-bond acceptors (Lipinski definition) is 4. The second-order valence-corrected chi connectivity index (χ2v) is 6.90. The molecule has 26 heavy (non-hydrogen) atoms. The SMILES string of the molecule is CCN(CC(=O)O)C1CCN(CC(=O)NCCCc2ccccc2)CC1. The molecule has 1 aliphatic rings. The maximum absolute atomic E-state index is 12.1. The summed E-state index contributed by atoms with van der Waals surface area (Å²) in [7, 11) is 0. The third-order valence-electron chi connectivity index (χ3n) is 4.99. The summed E-state index contributed by atoms with van der Waals surface area (Å²) in [6.45, 7) is 5.67. The van der Waals surface area contributed by atoms with Gasteiger partial charge in [0.2, 0.25) is 5.91 Å². The van der Waals surface area contributed by atoms with Gasteiger partial charge in [0.1, 0.15) is 0 Å². The molecule has 1 heterocycles. The molecule has 2 N–H and O–H groups in total. The van der Waals surface area contributed by atoms with Crippen LogP contribution in [0.15, 0.2) is 30.3 Å². The van der Waals surface area contributed by atoms with E-state index < -0.39 is 5.97 Å². The van der Waals surface area contributed by atoms with E-state index >= 15 is 0 Å². The van der Waals surface area contributed by atoms with E-state index in [-0.39, 0.29) is 12.5 Å². The second kappa shape index (κ2) is 10.9. The number of rotatable bonds is 10. The van der Waals surface area contributed by atoms with E-state index in [9.17, 15) is 9.59 Å². The van der Waals surface area contributed by atoms with Crippen molar-refractivity contribution < 1.29 is 14.7 Å². The van der Waals surface area contributed by atoms with Crippen molar-refractivity contribution in [2.75, 3.05) is 39.3 Å². The topological polar surface area (TPSA) is 72.9 Å². The Labute approximate surface area is 156 Å². The fraction of sp³-hybridized carbons (Fsp3) is 0.600. The molecule has 0 saturated carbocycles. The molecular formula is C20H31N3O3. The van der Waals surface area contributed by atoms with Gasteiger partial charge in [-0.15, -0.1) is 0 Å². The summed E-state index contributed by atoms with van der Waals surface area (Å²) in [6, 6.07) is 10.6. The number of carboxylic acids is 1. The predicted molar refractivity (Wildman–Crippen MR) is 102 cm³/mol. The Morgan fingerprint density at radius 1 is 1.23 bits per heavy atom. The number of piperidine rings is 1. The first kappa shape index (κ1) is 20.4. The van der Waals surface area contributed by atoms with Crippen LogP contribution in [0.25, 0.3) is 0 Å². The lowest BCUT2D eigenvalue weighted by Gasteiger charge is -2.37. The van der Waals surface area contributed by atoms with E-state index in [1.54, 1.807) is 0 Å². The second-order valence-electron chi connectivity index (χ2n) is 6.90. The largest absolute Gasteiger partial charge is 0.480 e. The number of carboxylic acid groups (broad SMARTS) is 1. The van der Waals surface area contributed by atoms with Crippen LogP contribution in [0.4, 0.5) is 0 Å². The van der Waals surface area contributed by atoms with Gasteiger partial charge in [-0.2, -0.15) is 0 Å². The van der Waals surface area contributed by atoms with Crippen molar-refractivity contribution in [1.29, 1.82) is 0 Å². The van der Waals surface area contributed by atoms with Crippen LogP contribution in [0.3, 0.4) is 0 Å². The summed E-state index contributed by atoms with van der Waals surface area (Å²) in [5.41, 5.74) is 1.30. The van der Waals surface area contributed by atoms with E-state index in [0.29, 0.717) is 19.1 Å². The van der Waals surface area contributed by atoms with Crippen LogP contribution in [-0.2, 0) is 16.0 Å².